The van der Waals surface area contributed by atoms with Gasteiger partial charge in [-0.05, 0) is 49.1 Å². The second-order valence-electron chi connectivity index (χ2n) is 10.7. The van der Waals surface area contributed by atoms with Crippen LogP contribution in [0.4, 0.5) is 28.4 Å². The molecule has 0 aliphatic carbocycles. The normalized spacial score (nSPS) is 15.3. The third-order valence-electron chi connectivity index (χ3n) is 8.43. The van der Waals surface area contributed by atoms with Crippen LogP contribution in [0.25, 0.3) is 22.3 Å². The maximum absolute atomic E-state index is 3.89. The third-order valence-corrected chi connectivity index (χ3v) is 8.43. The number of fused-ring (bicyclic) bond motifs is 11. The van der Waals surface area contributed by atoms with E-state index in [9.17, 15) is 0 Å². The molecule has 5 nitrogen and oxygen atoms in total. The fourth-order valence-electron chi connectivity index (χ4n) is 6.52. The summed E-state index contributed by atoms with van der Waals surface area (Å²) in [5, 5.41) is 3.17. The molecule has 0 bridgehead atoms. The Labute approximate surface area is 266 Å². The van der Waals surface area contributed by atoms with Crippen LogP contribution < -0.4 is 35.8 Å². The Kier molecular flexibility index (Phi) is 6.20. The molecule has 0 amide bonds. The van der Waals surface area contributed by atoms with Crippen LogP contribution in [0.3, 0.4) is 0 Å². The van der Waals surface area contributed by atoms with E-state index in [1.807, 2.05) is 25.1 Å². The standard InChI is InChI=1S/C36H24BN5.Pt/c1-2-8-26(9-3-1)40-20-21-41(25-40)28-15-17-30-32-11-5-7-13-36(32)42-35-12-6-4-10-31(35)29-16-14-27(39-19-18-38-24-39)22-33(29)37(42)34(30)23-28;/h1-21,24-25,38H;/q-4;+4. The van der Waals surface area contributed by atoms with Crippen molar-refractivity contribution in [2.45, 2.75) is 0 Å². The van der Waals surface area contributed by atoms with Crippen molar-refractivity contribution in [2.24, 2.45) is 0 Å². The molecule has 0 fully saturated rings. The molecular formula is C36H24BN5Pt. The summed E-state index contributed by atoms with van der Waals surface area (Å²) in [6, 6.07) is 44.4. The minimum atomic E-state index is -0.0870. The van der Waals surface area contributed by atoms with Gasteiger partial charge in [0, 0.05) is 17.1 Å². The van der Waals surface area contributed by atoms with Gasteiger partial charge in [0.05, 0.1) is 0 Å². The van der Waals surface area contributed by atoms with Crippen molar-refractivity contribution >= 4 is 46.2 Å². The molecule has 4 heterocycles. The van der Waals surface area contributed by atoms with Crippen molar-refractivity contribution in [3.8, 4) is 22.3 Å². The second kappa shape index (κ2) is 10.3. The van der Waals surface area contributed by atoms with Gasteiger partial charge < -0.3 is 24.8 Å². The molecule has 4 aliphatic rings. The number of nitrogens with one attached hydrogen (secondary N) is 1. The number of nitrogens with zero attached hydrogens (tertiary/aromatic N) is 4. The van der Waals surface area contributed by atoms with Gasteiger partial charge in [-0.25, -0.2) is 0 Å². The van der Waals surface area contributed by atoms with Crippen LogP contribution in [0, 0.1) is 25.5 Å². The fourth-order valence-corrected chi connectivity index (χ4v) is 6.52. The maximum atomic E-state index is 3.89. The minimum absolute atomic E-state index is 0. The van der Waals surface area contributed by atoms with E-state index in [0.717, 1.165) is 28.0 Å². The largest absolute Gasteiger partial charge is 4.00 e. The third kappa shape index (κ3) is 4.05. The number of anilines is 5. The molecule has 43 heavy (non-hydrogen) atoms. The summed E-state index contributed by atoms with van der Waals surface area (Å²) in [7, 11) is 0. The smallest absolute Gasteiger partial charge is 0.521 e. The molecule has 0 saturated carbocycles. The van der Waals surface area contributed by atoms with Crippen molar-refractivity contribution in [1.29, 1.82) is 0 Å². The summed E-state index contributed by atoms with van der Waals surface area (Å²) in [4.78, 5) is 8.84. The summed E-state index contributed by atoms with van der Waals surface area (Å²) in [6.07, 6.45) is 8.14. The van der Waals surface area contributed by atoms with Gasteiger partial charge in [-0.15, -0.1) is 41.3 Å². The SMILES string of the molecule is [Pt+4].[c-]1c(N2C=CN[CH-]2)ccc2c1B1c3[c-]c(N4C=CN(c5ccccc5)[CH-]4)ccc3-c3ccccc3N1c1ccccc1-2. The van der Waals surface area contributed by atoms with E-state index in [2.05, 4.69) is 153 Å². The van der Waals surface area contributed by atoms with Crippen LogP contribution in [0.2, 0.25) is 0 Å². The van der Waals surface area contributed by atoms with Crippen LogP contribution in [0.1, 0.15) is 0 Å². The molecule has 1 N–H and O–H groups in total. The van der Waals surface area contributed by atoms with Crippen molar-refractivity contribution in [2.75, 3.05) is 19.5 Å². The second-order valence-corrected chi connectivity index (χ2v) is 10.7. The van der Waals surface area contributed by atoms with Crippen LogP contribution >= 0.6 is 0 Å². The Balaban J connectivity index is 0.00000278. The topological polar surface area (TPSA) is 25.0 Å². The molecule has 0 saturated heterocycles. The molecule has 206 valence electrons. The Morgan fingerprint density at radius 2 is 1.14 bits per heavy atom. The number of rotatable bonds is 3. The van der Waals surface area contributed by atoms with E-state index in [4.69, 9.17) is 0 Å². The molecule has 0 unspecified atom stereocenters. The molecule has 9 rings (SSSR count). The summed E-state index contributed by atoms with van der Waals surface area (Å²) < 4.78 is 0. The summed E-state index contributed by atoms with van der Waals surface area (Å²) in [6.45, 7) is 3.98. The van der Waals surface area contributed by atoms with Crippen molar-refractivity contribution in [1.82, 2.24) is 5.32 Å². The minimum Gasteiger partial charge on any atom is -0.521 e. The van der Waals surface area contributed by atoms with Gasteiger partial charge >= 0.3 is 21.1 Å². The number of hydrogen-bond acceptors (Lipinski definition) is 5. The van der Waals surface area contributed by atoms with E-state index in [0.29, 0.717) is 0 Å². The molecule has 0 spiro atoms. The predicted molar refractivity (Wildman–Crippen MR) is 172 cm³/mol. The Morgan fingerprint density at radius 3 is 1.77 bits per heavy atom. The predicted octanol–water partition coefficient (Wildman–Crippen LogP) is 6.11. The summed E-state index contributed by atoms with van der Waals surface area (Å²) in [5.41, 5.74) is 12.7. The van der Waals surface area contributed by atoms with E-state index >= 15 is 0 Å². The van der Waals surface area contributed by atoms with E-state index in [1.54, 1.807) is 0 Å². The van der Waals surface area contributed by atoms with Gasteiger partial charge in [0.2, 0.25) is 0 Å². The number of hydrogen-bond donors (Lipinski definition) is 1. The summed E-state index contributed by atoms with van der Waals surface area (Å²) in [5.74, 6) is 0. The van der Waals surface area contributed by atoms with Crippen LogP contribution in [0.15, 0.2) is 128 Å². The quantitative estimate of drug-likeness (QED) is 0.179. The first-order chi connectivity index (χ1) is 20.8. The van der Waals surface area contributed by atoms with Gasteiger partial charge in [-0.1, -0.05) is 65.7 Å². The number of para-hydroxylation sites is 3. The van der Waals surface area contributed by atoms with Gasteiger partial charge in [-0.2, -0.15) is 41.9 Å². The zero-order valence-electron chi connectivity index (χ0n) is 23.0. The van der Waals surface area contributed by atoms with Crippen LogP contribution in [0.5, 0.6) is 0 Å². The first kappa shape index (κ1) is 26.0. The Bertz CT molecular complexity index is 1920. The average molecular weight is 733 g/mol. The Morgan fingerprint density at radius 1 is 0.558 bits per heavy atom. The molecule has 5 aromatic rings. The zero-order valence-corrected chi connectivity index (χ0v) is 25.2. The van der Waals surface area contributed by atoms with Gasteiger partial charge in [0.25, 0.3) is 6.85 Å². The molecule has 0 radical (unpaired) electrons. The first-order valence-electron chi connectivity index (χ1n) is 14.1. The monoisotopic (exact) mass is 732 g/mol. The van der Waals surface area contributed by atoms with Crippen LogP contribution in [-0.2, 0) is 21.1 Å². The van der Waals surface area contributed by atoms with Crippen molar-refractivity contribution in [3.63, 3.8) is 0 Å². The molecule has 0 atom stereocenters. The maximum Gasteiger partial charge on any atom is 4.00 e. The van der Waals surface area contributed by atoms with Gasteiger partial charge in [-0.3, -0.25) is 0 Å². The molecule has 4 aliphatic heterocycles. The average Bonchev–Trinajstić information content (AvgIpc) is 3.78. The zero-order chi connectivity index (χ0) is 27.6. The van der Waals surface area contributed by atoms with Crippen molar-refractivity contribution < 1.29 is 21.1 Å². The van der Waals surface area contributed by atoms with E-state index in [-0.39, 0.29) is 27.9 Å². The van der Waals surface area contributed by atoms with Crippen LogP contribution in [-0.4, -0.2) is 6.85 Å². The van der Waals surface area contributed by atoms with Crippen molar-refractivity contribution in [3.05, 3.63) is 153 Å². The van der Waals surface area contributed by atoms with E-state index in [1.165, 1.54) is 33.6 Å². The first-order valence-corrected chi connectivity index (χ1v) is 14.1. The summed E-state index contributed by atoms with van der Waals surface area (Å²) >= 11 is 0. The molecular weight excluding hydrogens is 708 g/mol. The number of benzene rings is 5. The van der Waals surface area contributed by atoms with Gasteiger partial charge in [0.15, 0.2) is 0 Å². The van der Waals surface area contributed by atoms with Gasteiger partial charge in [0.1, 0.15) is 0 Å². The Hall–Kier alpha value is -4.67. The molecule has 7 heteroatoms. The fraction of sp³-hybridized carbons (Fsp3) is 0. The molecule has 0 aromatic heterocycles. The molecule has 5 aromatic carbocycles. The van der Waals surface area contributed by atoms with E-state index < -0.39 is 0 Å².